The molecule has 1 atom stereocenters. The zero-order valence-corrected chi connectivity index (χ0v) is 15.8. The van der Waals surface area contributed by atoms with Crippen LogP contribution in [0.25, 0.3) is 0 Å². The van der Waals surface area contributed by atoms with E-state index in [1.54, 1.807) is 45.0 Å². The number of carbonyl (C=O) groups excluding carboxylic acids is 3. The van der Waals surface area contributed by atoms with Gasteiger partial charge in [0.05, 0.1) is 7.11 Å². The molecule has 2 amide bonds. The average Bonchev–Trinajstić information content (AvgIpc) is 2.52. The average molecular weight is 365 g/mol. The van der Waals surface area contributed by atoms with Gasteiger partial charge in [0, 0.05) is 19.6 Å². The fourth-order valence-corrected chi connectivity index (χ4v) is 1.77. The number of hydrogen-bond donors (Lipinski definition) is 3. The number of nitrogens with two attached hydrogens (primary N) is 1. The predicted octanol–water partition coefficient (Wildman–Crippen LogP) is 1.78. The first-order valence-corrected chi connectivity index (χ1v) is 7.91. The Morgan fingerprint density at radius 3 is 2.12 bits per heavy atom. The highest BCUT2D eigenvalue weighted by Crippen LogP contribution is 2.10. The lowest BCUT2D eigenvalue weighted by Gasteiger charge is -2.22. The van der Waals surface area contributed by atoms with Crippen molar-refractivity contribution in [2.24, 2.45) is 5.73 Å². The van der Waals surface area contributed by atoms with Gasteiger partial charge in [0.2, 0.25) is 5.91 Å². The third-order valence-electron chi connectivity index (χ3n) is 2.76. The minimum Gasteiger partial charge on any atom is -0.467 e. The molecule has 0 radical (unpaired) electrons. The van der Waals surface area contributed by atoms with Crippen LogP contribution in [-0.2, 0) is 25.5 Å². The van der Waals surface area contributed by atoms with Gasteiger partial charge in [-0.1, -0.05) is 24.3 Å². The summed E-state index contributed by atoms with van der Waals surface area (Å²) in [4.78, 5) is 32.8. The molecule has 26 heavy (non-hydrogen) atoms. The van der Waals surface area contributed by atoms with Crippen LogP contribution in [0.3, 0.4) is 0 Å². The van der Waals surface area contributed by atoms with Gasteiger partial charge in [0.25, 0.3) is 0 Å². The molecule has 1 aromatic carbocycles. The van der Waals surface area contributed by atoms with E-state index in [0.717, 1.165) is 11.1 Å². The number of ether oxygens (including phenoxy) is 2. The number of carbonyl (C=O) groups is 3. The van der Waals surface area contributed by atoms with Crippen LogP contribution in [0.1, 0.15) is 38.8 Å². The maximum Gasteiger partial charge on any atom is 0.408 e. The standard InChI is InChI=1S/C16H22N2O4.C2H5NO/c1-16(2,3)22-15(20)18-13(14(19)21-4)9-11-5-7-12(10-17)8-6-11;1-2(3)4/h5-8,10,13,17H,9H2,1-4H3,(H,18,20);1H3,(H2,3,4). The molecule has 0 spiro atoms. The molecule has 8 nitrogen and oxygen atoms in total. The molecule has 8 heteroatoms. The largest absolute Gasteiger partial charge is 0.467 e. The van der Waals surface area contributed by atoms with Crippen molar-refractivity contribution in [3.8, 4) is 0 Å². The van der Waals surface area contributed by atoms with Gasteiger partial charge in [-0.15, -0.1) is 0 Å². The molecule has 4 N–H and O–H groups in total. The normalized spacial score (nSPS) is 11.3. The van der Waals surface area contributed by atoms with E-state index in [0.29, 0.717) is 0 Å². The maximum absolute atomic E-state index is 11.8. The lowest BCUT2D eigenvalue weighted by atomic mass is 10.0. The van der Waals surface area contributed by atoms with E-state index in [-0.39, 0.29) is 12.3 Å². The van der Waals surface area contributed by atoms with Crippen molar-refractivity contribution in [2.45, 2.75) is 45.8 Å². The number of primary amides is 1. The van der Waals surface area contributed by atoms with Crippen LogP contribution in [-0.4, -0.2) is 42.9 Å². The molecule has 0 heterocycles. The summed E-state index contributed by atoms with van der Waals surface area (Å²) in [5, 5.41) is 9.68. The van der Waals surface area contributed by atoms with Gasteiger partial charge in [-0.25, -0.2) is 9.59 Å². The van der Waals surface area contributed by atoms with E-state index in [1.807, 2.05) is 0 Å². The first kappa shape index (κ1) is 23.1. The van der Waals surface area contributed by atoms with Crippen LogP contribution in [0.2, 0.25) is 0 Å². The summed E-state index contributed by atoms with van der Waals surface area (Å²) in [5.74, 6) is -0.873. The molecule has 0 saturated carbocycles. The van der Waals surface area contributed by atoms with Crippen molar-refractivity contribution < 1.29 is 23.9 Å². The molecule has 1 rings (SSSR count). The van der Waals surface area contributed by atoms with E-state index >= 15 is 0 Å². The van der Waals surface area contributed by atoms with Crippen molar-refractivity contribution >= 4 is 24.2 Å². The lowest BCUT2D eigenvalue weighted by molar-refractivity contribution is -0.143. The summed E-state index contributed by atoms with van der Waals surface area (Å²) < 4.78 is 9.86. The van der Waals surface area contributed by atoms with Gasteiger partial charge in [0.1, 0.15) is 11.6 Å². The van der Waals surface area contributed by atoms with Crippen molar-refractivity contribution in [2.75, 3.05) is 7.11 Å². The molecular formula is C18H27N3O5. The molecule has 0 saturated heterocycles. The summed E-state index contributed by atoms with van der Waals surface area (Å²) >= 11 is 0. The van der Waals surface area contributed by atoms with Crippen LogP contribution in [0.4, 0.5) is 4.79 Å². The minimum absolute atomic E-state index is 0.282. The number of methoxy groups -OCH3 is 1. The summed E-state index contributed by atoms with van der Waals surface area (Å²) in [7, 11) is 1.27. The van der Waals surface area contributed by atoms with Crippen molar-refractivity contribution in [3.63, 3.8) is 0 Å². The number of esters is 1. The van der Waals surface area contributed by atoms with Crippen LogP contribution in [0.5, 0.6) is 0 Å². The quantitative estimate of drug-likeness (QED) is 0.540. The zero-order chi connectivity index (χ0) is 20.3. The number of nitrogens with one attached hydrogen (secondary N) is 2. The molecule has 0 aliphatic heterocycles. The van der Waals surface area contributed by atoms with Gasteiger partial charge >= 0.3 is 12.1 Å². The Labute approximate surface area is 153 Å². The topological polar surface area (TPSA) is 132 Å². The first-order chi connectivity index (χ1) is 12.0. The molecule has 144 valence electrons. The summed E-state index contributed by atoms with van der Waals surface area (Å²) in [5.41, 5.74) is 5.44. The van der Waals surface area contributed by atoms with Crippen LogP contribution in [0, 0.1) is 5.41 Å². The second kappa shape index (κ2) is 10.9. The van der Waals surface area contributed by atoms with E-state index in [1.165, 1.54) is 20.2 Å². The van der Waals surface area contributed by atoms with Gasteiger partial charge < -0.3 is 25.9 Å². The second-order valence-corrected chi connectivity index (χ2v) is 6.42. The van der Waals surface area contributed by atoms with E-state index in [2.05, 4.69) is 11.1 Å². The van der Waals surface area contributed by atoms with Crippen LogP contribution >= 0.6 is 0 Å². The lowest BCUT2D eigenvalue weighted by Crippen LogP contribution is -2.45. The predicted molar refractivity (Wildman–Crippen MR) is 98.1 cm³/mol. The third kappa shape index (κ3) is 10.8. The minimum atomic E-state index is -0.828. The fourth-order valence-electron chi connectivity index (χ4n) is 1.77. The Balaban J connectivity index is 0.00000141. The third-order valence-corrected chi connectivity index (χ3v) is 2.76. The van der Waals surface area contributed by atoms with Gasteiger partial charge in [-0.05, 0) is 31.9 Å². The Kier molecular flexibility index (Phi) is 9.65. The number of benzene rings is 1. The molecule has 0 aliphatic rings. The zero-order valence-electron chi connectivity index (χ0n) is 15.8. The van der Waals surface area contributed by atoms with E-state index in [9.17, 15) is 14.4 Å². The highest BCUT2D eigenvalue weighted by Gasteiger charge is 2.25. The maximum atomic E-state index is 11.8. The SMILES string of the molecule is CC(N)=O.COC(=O)C(Cc1ccc(C=N)cc1)NC(=O)OC(C)(C)C. The molecule has 0 fully saturated rings. The van der Waals surface area contributed by atoms with Crippen molar-refractivity contribution in [3.05, 3.63) is 35.4 Å². The van der Waals surface area contributed by atoms with Crippen LogP contribution in [0.15, 0.2) is 24.3 Å². The van der Waals surface area contributed by atoms with E-state index in [4.69, 9.17) is 14.9 Å². The Morgan fingerprint density at radius 2 is 1.73 bits per heavy atom. The molecule has 0 aromatic heterocycles. The monoisotopic (exact) mass is 365 g/mol. The van der Waals surface area contributed by atoms with E-state index < -0.39 is 23.7 Å². The van der Waals surface area contributed by atoms with Crippen molar-refractivity contribution in [1.82, 2.24) is 5.32 Å². The molecule has 1 unspecified atom stereocenters. The molecule has 0 bridgehead atoms. The summed E-state index contributed by atoms with van der Waals surface area (Å²) in [6.45, 7) is 6.54. The molecular weight excluding hydrogens is 338 g/mol. The number of hydrogen-bond acceptors (Lipinski definition) is 6. The van der Waals surface area contributed by atoms with Crippen molar-refractivity contribution in [1.29, 1.82) is 5.41 Å². The van der Waals surface area contributed by atoms with Gasteiger partial charge in [-0.3, -0.25) is 4.79 Å². The summed E-state index contributed by atoms with van der Waals surface area (Å²) in [6, 6.07) is 6.31. The fraction of sp³-hybridized carbons (Fsp3) is 0.444. The Morgan fingerprint density at radius 1 is 1.23 bits per heavy atom. The highest BCUT2D eigenvalue weighted by atomic mass is 16.6. The number of rotatable bonds is 5. The Hall–Kier alpha value is -2.90. The first-order valence-electron chi connectivity index (χ1n) is 7.91. The molecule has 0 aliphatic carbocycles. The second-order valence-electron chi connectivity index (χ2n) is 6.42. The number of amides is 2. The number of alkyl carbamates (subject to hydrolysis) is 1. The van der Waals surface area contributed by atoms with Crippen LogP contribution < -0.4 is 11.1 Å². The van der Waals surface area contributed by atoms with Gasteiger partial charge in [-0.2, -0.15) is 0 Å². The molecule has 1 aromatic rings. The Bertz CT molecular complexity index is 617. The van der Waals surface area contributed by atoms with Gasteiger partial charge in [0.15, 0.2) is 0 Å². The smallest absolute Gasteiger partial charge is 0.408 e. The highest BCUT2D eigenvalue weighted by molar-refractivity contribution is 5.82. The summed E-state index contributed by atoms with van der Waals surface area (Å²) in [6.07, 6.45) is 0.851.